The van der Waals surface area contributed by atoms with Crippen LogP contribution in [0.25, 0.3) is 11.0 Å². The second kappa shape index (κ2) is 8.54. The number of carbonyl (C=O) groups excluding carboxylic acids is 2. The van der Waals surface area contributed by atoms with Crippen molar-refractivity contribution in [2.24, 2.45) is 0 Å². The topological polar surface area (TPSA) is 97.6 Å². The normalized spacial score (nSPS) is 10.5. The van der Waals surface area contributed by atoms with Crippen LogP contribution in [0.5, 0.6) is 5.75 Å². The van der Waals surface area contributed by atoms with Gasteiger partial charge in [-0.15, -0.1) is 0 Å². The lowest BCUT2D eigenvalue weighted by Gasteiger charge is -2.08. The summed E-state index contributed by atoms with van der Waals surface area (Å²) in [5.41, 5.74) is 1.56. The van der Waals surface area contributed by atoms with Gasteiger partial charge < -0.3 is 19.8 Å². The number of hydrogen-bond acceptors (Lipinski definition) is 5. The first-order valence-corrected chi connectivity index (χ1v) is 9.43. The van der Waals surface area contributed by atoms with Crippen LogP contribution in [0.3, 0.4) is 0 Å². The van der Waals surface area contributed by atoms with Crippen molar-refractivity contribution in [3.05, 3.63) is 100 Å². The van der Waals surface area contributed by atoms with Crippen LogP contribution in [0.4, 0.5) is 11.4 Å². The van der Waals surface area contributed by atoms with Gasteiger partial charge in [-0.2, -0.15) is 0 Å². The van der Waals surface area contributed by atoms with E-state index >= 15 is 0 Å². The zero-order valence-corrected chi connectivity index (χ0v) is 16.5. The van der Waals surface area contributed by atoms with Crippen LogP contribution in [0.1, 0.15) is 20.9 Å². The first kappa shape index (κ1) is 19.9. The fraction of sp³-hybridized carbons (Fsp3) is 0.0417. The zero-order valence-electron chi connectivity index (χ0n) is 16.5. The van der Waals surface area contributed by atoms with Crippen LogP contribution in [0, 0.1) is 0 Å². The molecule has 3 aromatic carbocycles. The van der Waals surface area contributed by atoms with E-state index in [0.29, 0.717) is 33.7 Å². The van der Waals surface area contributed by atoms with Crippen molar-refractivity contribution < 1.29 is 18.7 Å². The number of benzene rings is 3. The molecule has 0 unspecified atom stereocenters. The van der Waals surface area contributed by atoms with Gasteiger partial charge in [-0.3, -0.25) is 14.4 Å². The number of carbonyl (C=O) groups is 2. The third-order valence-electron chi connectivity index (χ3n) is 4.61. The van der Waals surface area contributed by atoms with Crippen molar-refractivity contribution in [3.8, 4) is 5.75 Å². The van der Waals surface area contributed by atoms with Crippen LogP contribution < -0.4 is 20.8 Å². The van der Waals surface area contributed by atoms with Crippen molar-refractivity contribution in [3.63, 3.8) is 0 Å². The van der Waals surface area contributed by atoms with Gasteiger partial charge in [0.2, 0.25) is 0 Å². The Kier molecular flexibility index (Phi) is 5.49. The molecule has 31 heavy (non-hydrogen) atoms. The van der Waals surface area contributed by atoms with Crippen LogP contribution in [-0.4, -0.2) is 18.9 Å². The fourth-order valence-corrected chi connectivity index (χ4v) is 2.99. The van der Waals surface area contributed by atoms with E-state index in [1.54, 1.807) is 79.9 Å². The molecule has 0 saturated carbocycles. The largest absolute Gasteiger partial charge is 0.497 e. The summed E-state index contributed by atoms with van der Waals surface area (Å²) in [4.78, 5) is 37.1. The molecular weight excluding hydrogens is 396 g/mol. The molecule has 4 rings (SSSR count). The molecule has 0 radical (unpaired) electrons. The number of rotatable bonds is 5. The average molecular weight is 414 g/mol. The maximum atomic E-state index is 12.5. The molecule has 0 fully saturated rings. The third kappa shape index (κ3) is 4.45. The number of anilines is 2. The van der Waals surface area contributed by atoms with Crippen LogP contribution in [0.15, 0.2) is 88.1 Å². The van der Waals surface area contributed by atoms with Crippen molar-refractivity contribution in [2.75, 3.05) is 17.7 Å². The first-order chi connectivity index (χ1) is 15.0. The minimum Gasteiger partial charge on any atom is -0.497 e. The molecule has 2 N–H and O–H groups in total. The molecule has 0 bridgehead atoms. The molecule has 154 valence electrons. The molecule has 0 spiro atoms. The van der Waals surface area contributed by atoms with E-state index in [1.807, 2.05) is 0 Å². The van der Waals surface area contributed by atoms with Crippen molar-refractivity contribution in [2.45, 2.75) is 0 Å². The number of nitrogens with one attached hydrogen (secondary N) is 2. The molecule has 0 aliphatic heterocycles. The average Bonchev–Trinajstić information content (AvgIpc) is 2.80. The van der Waals surface area contributed by atoms with Gasteiger partial charge in [-0.25, -0.2) is 0 Å². The van der Waals surface area contributed by atoms with Gasteiger partial charge in [-0.05, 0) is 60.7 Å². The second-order valence-corrected chi connectivity index (χ2v) is 6.69. The number of methoxy groups -OCH3 is 1. The van der Waals surface area contributed by atoms with Crippen LogP contribution >= 0.6 is 0 Å². The van der Waals surface area contributed by atoms with Gasteiger partial charge in [0.1, 0.15) is 11.3 Å². The standard InChI is InChI=1S/C24H18N2O5/c1-30-18-12-10-17(11-13-18)25-23(28)15-6-8-16(9-7-15)26-24(29)22-14-20(27)19-4-2-3-5-21(19)31-22/h2-14H,1H3,(H,25,28)(H,26,29). The predicted molar refractivity (Wildman–Crippen MR) is 118 cm³/mol. The Bertz CT molecular complexity index is 1310. The summed E-state index contributed by atoms with van der Waals surface area (Å²) >= 11 is 0. The Hall–Kier alpha value is -4.39. The molecule has 0 aliphatic rings. The molecule has 1 aromatic heterocycles. The minimum atomic E-state index is -0.557. The SMILES string of the molecule is COc1ccc(NC(=O)c2ccc(NC(=O)c3cc(=O)c4ccccc4o3)cc2)cc1. The van der Waals surface area contributed by atoms with E-state index in [2.05, 4.69) is 10.6 Å². The highest BCUT2D eigenvalue weighted by atomic mass is 16.5. The quantitative estimate of drug-likeness (QED) is 0.507. The predicted octanol–water partition coefficient (Wildman–Crippen LogP) is 4.31. The van der Waals surface area contributed by atoms with Crippen molar-refractivity contribution in [1.29, 1.82) is 0 Å². The molecular formula is C24H18N2O5. The lowest BCUT2D eigenvalue weighted by Crippen LogP contribution is -2.15. The van der Waals surface area contributed by atoms with E-state index in [0.717, 1.165) is 6.07 Å². The summed E-state index contributed by atoms with van der Waals surface area (Å²) in [5, 5.41) is 5.86. The molecule has 0 saturated heterocycles. The van der Waals surface area contributed by atoms with E-state index in [4.69, 9.17) is 9.15 Å². The van der Waals surface area contributed by atoms with Crippen LogP contribution in [-0.2, 0) is 0 Å². The zero-order chi connectivity index (χ0) is 21.8. The third-order valence-corrected chi connectivity index (χ3v) is 4.61. The highest BCUT2D eigenvalue weighted by Crippen LogP contribution is 2.18. The van der Waals surface area contributed by atoms with Gasteiger partial charge in [0.05, 0.1) is 12.5 Å². The van der Waals surface area contributed by atoms with E-state index in [9.17, 15) is 14.4 Å². The summed E-state index contributed by atoms with van der Waals surface area (Å²) < 4.78 is 10.6. The summed E-state index contributed by atoms with van der Waals surface area (Å²) in [6, 6.07) is 21.2. The maximum Gasteiger partial charge on any atom is 0.291 e. The fourth-order valence-electron chi connectivity index (χ4n) is 2.99. The molecule has 2 amide bonds. The van der Waals surface area contributed by atoms with Gasteiger partial charge in [0.25, 0.3) is 11.8 Å². The Morgan fingerprint density at radius 2 is 1.42 bits per heavy atom. The second-order valence-electron chi connectivity index (χ2n) is 6.69. The Morgan fingerprint density at radius 1 is 0.806 bits per heavy atom. The summed E-state index contributed by atoms with van der Waals surface area (Å²) in [6.07, 6.45) is 0. The van der Waals surface area contributed by atoms with Gasteiger partial charge in [0.15, 0.2) is 11.2 Å². The highest BCUT2D eigenvalue weighted by molar-refractivity contribution is 6.05. The van der Waals surface area contributed by atoms with Crippen molar-refractivity contribution >= 4 is 34.2 Å². The van der Waals surface area contributed by atoms with E-state index in [-0.39, 0.29) is 17.1 Å². The van der Waals surface area contributed by atoms with E-state index in [1.165, 1.54) is 0 Å². The Balaban J connectivity index is 1.45. The highest BCUT2D eigenvalue weighted by Gasteiger charge is 2.13. The van der Waals surface area contributed by atoms with Gasteiger partial charge in [-0.1, -0.05) is 12.1 Å². The monoisotopic (exact) mass is 414 g/mol. The lowest BCUT2D eigenvalue weighted by atomic mass is 10.2. The summed E-state index contributed by atoms with van der Waals surface area (Å²) in [6.45, 7) is 0. The molecule has 7 heteroatoms. The molecule has 0 atom stereocenters. The Labute approximate surface area is 177 Å². The smallest absolute Gasteiger partial charge is 0.291 e. The van der Waals surface area contributed by atoms with Crippen molar-refractivity contribution in [1.82, 2.24) is 0 Å². The lowest BCUT2D eigenvalue weighted by molar-refractivity contribution is 0.0995. The number of para-hydroxylation sites is 1. The molecule has 7 nitrogen and oxygen atoms in total. The Morgan fingerprint density at radius 3 is 2.10 bits per heavy atom. The maximum absolute atomic E-state index is 12.5. The van der Waals surface area contributed by atoms with Gasteiger partial charge in [0, 0.05) is 23.0 Å². The summed E-state index contributed by atoms with van der Waals surface area (Å²) in [5.74, 6) is -0.243. The molecule has 1 heterocycles. The number of amides is 2. The van der Waals surface area contributed by atoms with E-state index < -0.39 is 5.91 Å². The number of fused-ring (bicyclic) bond motifs is 1. The first-order valence-electron chi connectivity index (χ1n) is 9.43. The summed E-state index contributed by atoms with van der Waals surface area (Å²) in [7, 11) is 1.57. The molecule has 0 aliphatic carbocycles. The van der Waals surface area contributed by atoms with Gasteiger partial charge >= 0.3 is 0 Å². The van der Waals surface area contributed by atoms with Crippen LogP contribution in [0.2, 0.25) is 0 Å². The molecule has 4 aromatic rings. The number of ether oxygens (including phenoxy) is 1. The number of hydrogen-bond donors (Lipinski definition) is 2. The minimum absolute atomic E-state index is 0.0926.